The topological polar surface area (TPSA) is 39.1 Å². The van der Waals surface area contributed by atoms with Gasteiger partial charge in [0.2, 0.25) is 5.95 Å². The fourth-order valence-electron chi connectivity index (χ4n) is 1.61. The van der Waals surface area contributed by atoms with Gasteiger partial charge in [0.15, 0.2) is 0 Å². The second kappa shape index (κ2) is 4.86. The third kappa shape index (κ3) is 2.38. The number of imidazole rings is 1. The van der Waals surface area contributed by atoms with E-state index in [1.165, 1.54) is 19.2 Å². The van der Waals surface area contributed by atoms with Gasteiger partial charge in [-0.1, -0.05) is 0 Å². The molecule has 0 bridgehead atoms. The largest absolute Gasteiger partial charge is 0.497 e. The molecule has 0 spiro atoms. The van der Waals surface area contributed by atoms with Crippen LogP contribution in [0.3, 0.4) is 0 Å². The normalized spacial score (nSPS) is 10.3. The zero-order valence-corrected chi connectivity index (χ0v) is 9.77. The number of methoxy groups -OCH3 is 1. The first-order valence-corrected chi connectivity index (χ1v) is 5.36. The summed E-state index contributed by atoms with van der Waals surface area (Å²) in [5.74, 6) is 0.826. The van der Waals surface area contributed by atoms with Crippen molar-refractivity contribution in [3.05, 3.63) is 36.4 Å². The predicted molar refractivity (Wildman–Crippen MR) is 64.2 cm³/mol. The second-order valence-corrected chi connectivity index (χ2v) is 3.50. The number of hydrogen-bond donors (Lipinski definition) is 1. The number of aromatic nitrogens is 2. The molecule has 0 saturated carbocycles. The first kappa shape index (κ1) is 11.4. The first-order chi connectivity index (χ1) is 8.24. The number of ether oxygens (including phenoxy) is 1. The highest BCUT2D eigenvalue weighted by Crippen LogP contribution is 2.21. The summed E-state index contributed by atoms with van der Waals surface area (Å²) in [6.07, 6.45) is 3.43. The zero-order valence-electron chi connectivity index (χ0n) is 9.77. The minimum atomic E-state index is -0.338. The van der Waals surface area contributed by atoms with Crippen molar-refractivity contribution in [1.82, 2.24) is 9.55 Å². The number of rotatable bonds is 4. The highest BCUT2D eigenvalue weighted by atomic mass is 19.1. The van der Waals surface area contributed by atoms with E-state index in [0.29, 0.717) is 17.4 Å². The summed E-state index contributed by atoms with van der Waals surface area (Å²) in [4.78, 5) is 4.16. The van der Waals surface area contributed by atoms with Crippen LogP contribution in [0.1, 0.15) is 6.92 Å². The molecule has 0 saturated heterocycles. The highest BCUT2D eigenvalue weighted by molar-refractivity contribution is 5.45. The Morgan fingerprint density at radius 3 is 2.94 bits per heavy atom. The van der Waals surface area contributed by atoms with Crippen LogP contribution in [0.2, 0.25) is 0 Å². The molecular formula is C12H14FN3O. The zero-order chi connectivity index (χ0) is 12.3. The first-order valence-electron chi connectivity index (χ1n) is 5.36. The number of benzene rings is 1. The van der Waals surface area contributed by atoms with Crippen LogP contribution in [0.5, 0.6) is 5.75 Å². The molecule has 0 unspecified atom stereocenters. The van der Waals surface area contributed by atoms with Gasteiger partial charge in [-0.25, -0.2) is 9.37 Å². The molecule has 2 aromatic rings. The Labute approximate surface area is 99.1 Å². The van der Waals surface area contributed by atoms with Gasteiger partial charge in [-0.2, -0.15) is 0 Å². The third-order valence-electron chi connectivity index (χ3n) is 2.35. The van der Waals surface area contributed by atoms with Crippen LogP contribution in [0.15, 0.2) is 30.6 Å². The summed E-state index contributed by atoms with van der Waals surface area (Å²) in [5, 5.41) is 3.10. The van der Waals surface area contributed by atoms with Gasteiger partial charge in [0.1, 0.15) is 11.6 Å². The summed E-state index contributed by atoms with van der Waals surface area (Å²) in [7, 11) is 1.51. The van der Waals surface area contributed by atoms with Gasteiger partial charge < -0.3 is 10.1 Å². The Balaban J connectivity index is 2.44. The van der Waals surface area contributed by atoms with E-state index in [1.54, 1.807) is 23.0 Å². The van der Waals surface area contributed by atoms with Gasteiger partial charge in [-0.05, 0) is 13.0 Å². The maximum Gasteiger partial charge on any atom is 0.207 e. The Bertz CT molecular complexity index is 510. The van der Waals surface area contributed by atoms with Crippen molar-refractivity contribution in [2.24, 2.45) is 0 Å². The van der Waals surface area contributed by atoms with E-state index in [0.717, 1.165) is 6.54 Å². The van der Waals surface area contributed by atoms with Crippen LogP contribution in [0.4, 0.5) is 10.3 Å². The van der Waals surface area contributed by atoms with Gasteiger partial charge in [-0.15, -0.1) is 0 Å². The molecule has 90 valence electrons. The van der Waals surface area contributed by atoms with Gasteiger partial charge in [0.05, 0.1) is 12.8 Å². The van der Waals surface area contributed by atoms with E-state index in [1.807, 2.05) is 6.92 Å². The molecule has 1 N–H and O–H groups in total. The molecule has 0 fully saturated rings. The lowest BCUT2D eigenvalue weighted by atomic mass is 10.3. The molecule has 0 atom stereocenters. The highest BCUT2D eigenvalue weighted by Gasteiger charge is 2.07. The van der Waals surface area contributed by atoms with Crippen molar-refractivity contribution < 1.29 is 9.13 Å². The van der Waals surface area contributed by atoms with Gasteiger partial charge in [-0.3, -0.25) is 4.57 Å². The molecule has 0 aliphatic rings. The lowest BCUT2D eigenvalue weighted by Crippen LogP contribution is -2.05. The second-order valence-electron chi connectivity index (χ2n) is 3.50. The third-order valence-corrected chi connectivity index (χ3v) is 2.35. The number of nitrogens with one attached hydrogen (secondary N) is 1. The molecule has 1 heterocycles. The minimum absolute atomic E-state index is 0.338. The summed E-state index contributed by atoms with van der Waals surface area (Å²) in [5.41, 5.74) is 0.676. The van der Waals surface area contributed by atoms with Crippen LogP contribution in [0, 0.1) is 5.82 Å². The Morgan fingerprint density at radius 1 is 1.41 bits per heavy atom. The smallest absolute Gasteiger partial charge is 0.207 e. The van der Waals surface area contributed by atoms with Gasteiger partial charge in [0, 0.05) is 31.1 Å². The minimum Gasteiger partial charge on any atom is -0.497 e. The van der Waals surface area contributed by atoms with E-state index in [9.17, 15) is 4.39 Å². The van der Waals surface area contributed by atoms with Crippen molar-refractivity contribution in [2.45, 2.75) is 6.92 Å². The molecule has 1 aromatic heterocycles. The van der Waals surface area contributed by atoms with Crippen LogP contribution < -0.4 is 10.1 Å². The molecule has 2 rings (SSSR count). The van der Waals surface area contributed by atoms with E-state index >= 15 is 0 Å². The number of nitrogens with zero attached hydrogens (tertiary/aromatic N) is 2. The molecule has 4 nitrogen and oxygen atoms in total. The average Bonchev–Trinajstić information content (AvgIpc) is 2.77. The van der Waals surface area contributed by atoms with Crippen molar-refractivity contribution in [1.29, 1.82) is 0 Å². The van der Waals surface area contributed by atoms with Crippen molar-refractivity contribution in [2.75, 3.05) is 19.0 Å². The molecular weight excluding hydrogens is 221 g/mol. The predicted octanol–water partition coefficient (Wildman–Crippen LogP) is 2.45. The van der Waals surface area contributed by atoms with E-state index in [4.69, 9.17) is 4.74 Å². The van der Waals surface area contributed by atoms with Gasteiger partial charge in [0.25, 0.3) is 0 Å². The summed E-state index contributed by atoms with van der Waals surface area (Å²) >= 11 is 0. The van der Waals surface area contributed by atoms with E-state index in [2.05, 4.69) is 10.3 Å². The van der Waals surface area contributed by atoms with E-state index in [-0.39, 0.29) is 5.82 Å². The Kier molecular flexibility index (Phi) is 3.27. The maximum atomic E-state index is 13.4. The molecule has 1 aromatic carbocycles. The summed E-state index contributed by atoms with van der Waals surface area (Å²) in [6.45, 7) is 2.73. The van der Waals surface area contributed by atoms with Crippen molar-refractivity contribution in [3.63, 3.8) is 0 Å². The summed E-state index contributed by atoms with van der Waals surface area (Å²) < 4.78 is 20.2. The Hall–Kier alpha value is -2.04. The van der Waals surface area contributed by atoms with Crippen molar-refractivity contribution >= 4 is 5.95 Å². The van der Waals surface area contributed by atoms with Crippen LogP contribution in [-0.2, 0) is 0 Å². The average molecular weight is 235 g/mol. The van der Waals surface area contributed by atoms with Gasteiger partial charge >= 0.3 is 0 Å². The Morgan fingerprint density at radius 2 is 2.24 bits per heavy atom. The molecule has 5 heteroatoms. The number of halogens is 1. The van der Waals surface area contributed by atoms with Crippen LogP contribution in [0.25, 0.3) is 5.69 Å². The molecule has 0 aliphatic carbocycles. The maximum absolute atomic E-state index is 13.4. The fraction of sp³-hybridized carbons (Fsp3) is 0.250. The molecule has 0 aliphatic heterocycles. The molecule has 0 radical (unpaired) electrons. The number of hydrogen-bond acceptors (Lipinski definition) is 3. The lowest BCUT2D eigenvalue weighted by molar-refractivity contribution is 0.411. The number of anilines is 1. The monoisotopic (exact) mass is 235 g/mol. The quantitative estimate of drug-likeness (QED) is 0.884. The van der Waals surface area contributed by atoms with Crippen molar-refractivity contribution in [3.8, 4) is 11.4 Å². The summed E-state index contributed by atoms with van der Waals surface area (Å²) in [6, 6.07) is 4.53. The van der Waals surface area contributed by atoms with Crippen LogP contribution >= 0.6 is 0 Å². The lowest BCUT2D eigenvalue weighted by Gasteiger charge is -2.10. The van der Waals surface area contributed by atoms with Crippen LogP contribution in [-0.4, -0.2) is 23.2 Å². The molecule has 0 amide bonds. The fourth-order valence-corrected chi connectivity index (χ4v) is 1.61. The van der Waals surface area contributed by atoms with E-state index < -0.39 is 0 Å². The molecule has 17 heavy (non-hydrogen) atoms. The SMILES string of the molecule is CCNc1nccn1-c1cc(F)cc(OC)c1. The standard InChI is InChI=1S/C12H14FN3O/c1-3-14-12-15-4-5-16(12)10-6-9(13)7-11(8-10)17-2/h4-8H,3H2,1-2H3,(H,14,15).